The van der Waals surface area contributed by atoms with Gasteiger partial charge in [0.05, 0.1) is 50.1 Å². The lowest BCUT2D eigenvalue weighted by Gasteiger charge is -2.13. The average molecular weight is 475 g/mol. The molecule has 0 saturated carbocycles. The number of allylic oxidation sites excluding steroid dienone is 2. The number of sulfonamides is 2. The van der Waals surface area contributed by atoms with Crippen molar-refractivity contribution in [1.29, 1.82) is 0 Å². The summed E-state index contributed by atoms with van der Waals surface area (Å²) in [5, 5.41) is 8.80. The molecule has 0 aromatic carbocycles. The maximum Gasteiger partial charge on any atom is 0.214 e. The Hall–Kier alpha value is -0.860. The molecule has 2 atom stereocenters. The highest BCUT2D eigenvalue weighted by atomic mass is 32.2. The average Bonchev–Trinajstić information content (AvgIpc) is 2.65. The number of nitrogens with two attached hydrogens (primary N) is 2. The summed E-state index contributed by atoms with van der Waals surface area (Å²) in [6.45, 7) is 8.90. The zero-order chi connectivity index (χ0) is 23.5. The van der Waals surface area contributed by atoms with Crippen molar-refractivity contribution in [3.63, 3.8) is 0 Å². The highest BCUT2D eigenvalue weighted by Gasteiger charge is 2.21. The predicted octanol–water partition coefficient (Wildman–Crippen LogP) is 0.545. The van der Waals surface area contributed by atoms with E-state index >= 15 is 0 Å². The molecule has 0 amide bonds. The lowest BCUT2D eigenvalue weighted by atomic mass is 10.2. The van der Waals surface area contributed by atoms with Crippen LogP contribution in [0, 0.1) is 0 Å². The van der Waals surface area contributed by atoms with Gasteiger partial charge in [-0.15, -0.1) is 13.2 Å². The minimum atomic E-state index is -3.54. The molecule has 0 heterocycles. The summed E-state index contributed by atoms with van der Waals surface area (Å²) in [7, 11) is -3.97. The van der Waals surface area contributed by atoms with E-state index in [1.807, 2.05) is 0 Å². The Balaban J connectivity index is 0. The van der Waals surface area contributed by atoms with E-state index in [4.69, 9.17) is 29.2 Å². The van der Waals surface area contributed by atoms with Crippen molar-refractivity contribution in [1.82, 2.24) is 0 Å². The molecule has 0 unspecified atom stereocenters. The van der Waals surface area contributed by atoms with Gasteiger partial charge in [-0.25, -0.2) is 27.1 Å². The molecule has 0 rings (SSSR count). The molecule has 0 spiro atoms. The molecular weight excluding hydrogens is 436 g/mol. The molecule has 30 heavy (non-hydrogen) atoms. The SMILES string of the molecule is C=CCC[C@@H](COCCOC)S(N)(=O)=O.C=CCC[C@H](COCCOC)S(N)(=O)=O. The van der Waals surface area contributed by atoms with E-state index in [1.165, 1.54) is 0 Å². The molecule has 0 aliphatic carbocycles. The van der Waals surface area contributed by atoms with Crippen LogP contribution in [-0.2, 0) is 39.0 Å². The minimum absolute atomic E-state index is 0.107. The van der Waals surface area contributed by atoms with Crippen molar-refractivity contribution >= 4 is 20.0 Å². The van der Waals surface area contributed by atoms with Crippen molar-refractivity contribution in [2.75, 3.05) is 53.9 Å². The summed E-state index contributed by atoms with van der Waals surface area (Å²) < 4.78 is 64.4. The van der Waals surface area contributed by atoms with Crippen LogP contribution in [-0.4, -0.2) is 81.2 Å². The maximum atomic E-state index is 11.1. The third-order valence-corrected chi connectivity index (χ3v) is 6.39. The van der Waals surface area contributed by atoms with Crippen LogP contribution in [0.1, 0.15) is 25.7 Å². The fraction of sp³-hybridized carbons (Fsp3) is 0.778. The Morgan fingerprint density at radius 3 is 1.30 bits per heavy atom. The topological polar surface area (TPSA) is 157 Å². The van der Waals surface area contributed by atoms with Gasteiger partial charge in [-0.3, -0.25) is 0 Å². The summed E-state index contributed by atoms with van der Waals surface area (Å²) in [5.41, 5.74) is 0. The van der Waals surface area contributed by atoms with Gasteiger partial charge in [0, 0.05) is 14.2 Å². The zero-order valence-electron chi connectivity index (χ0n) is 18.0. The van der Waals surface area contributed by atoms with Crippen molar-refractivity contribution in [2.45, 2.75) is 36.2 Å². The van der Waals surface area contributed by atoms with Gasteiger partial charge >= 0.3 is 0 Å². The molecule has 180 valence electrons. The van der Waals surface area contributed by atoms with Crippen molar-refractivity contribution < 1.29 is 35.8 Å². The first-order chi connectivity index (χ1) is 14.0. The molecule has 4 N–H and O–H groups in total. The second kappa shape index (κ2) is 18.9. The number of methoxy groups -OCH3 is 2. The third kappa shape index (κ3) is 19.1. The lowest BCUT2D eigenvalue weighted by Crippen LogP contribution is -2.33. The summed E-state index contributed by atoms with van der Waals surface area (Å²) in [5.74, 6) is 0. The molecule has 0 aliphatic heterocycles. The summed E-state index contributed by atoms with van der Waals surface area (Å²) in [6.07, 6.45) is 5.41. The van der Waals surface area contributed by atoms with Crippen LogP contribution in [0.15, 0.2) is 25.3 Å². The highest BCUT2D eigenvalue weighted by Crippen LogP contribution is 2.07. The number of primary sulfonamides is 2. The Labute approximate surface area is 181 Å². The predicted molar refractivity (Wildman–Crippen MR) is 118 cm³/mol. The fourth-order valence-corrected chi connectivity index (χ4v) is 3.51. The summed E-state index contributed by atoms with van der Waals surface area (Å²) in [6, 6.07) is 0. The Bertz CT molecular complexity index is 583. The van der Waals surface area contributed by atoms with Crippen LogP contribution < -0.4 is 10.3 Å². The fourth-order valence-electron chi connectivity index (χ4n) is 2.01. The molecule has 12 heteroatoms. The van der Waals surface area contributed by atoms with Crippen molar-refractivity contribution in [2.24, 2.45) is 10.3 Å². The van der Waals surface area contributed by atoms with E-state index in [1.54, 1.807) is 26.4 Å². The Morgan fingerprint density at radius 1 is 0.733 bits per heavy atom. The molecule has 0 radical (unpaired) electrons. The van der Waals surface area contributed by atoms with Gasteiger partial charge < -0.3 is 18.9 Å². The van der Waals surface area contributed by atoms with Gasteiger partial charge in [0.1, 0.15) is 0 Å². The number of rotatable bonds is 18. The molecule has 0 aliphatic rings. The van der Waals surface area contributed by atoms with Crippen LogP contribution >= 0.6 is 0 Å². The number of ether oxygens (including phenoxy) is 4. The van der Waals surface area contributed by atoms with E-state index in [-0.39, 0.29) is 13.2 Å². The van der Waals surface area contributed by atoms with Gasteiger partial charge in [0.15, 0.2) is 0 Å². The van der Waals surface area contributed by atoms with E-state index in [2.05, 4.69) is 13.2 Å². The van der Waals surface area contributed by atoms with Gasteiger partial charge in [-0.2, -0.15) is 0 Å². The normalized spacial score (nSPS) is 13.7. The van der Waals surface area contributed by atoms with Crippen LogP contribution in [0.2, 0.25) is 0 Å². The first-order valence-corrected chi connectivity index (χ1v) is 12.6. The minimum Gasteiger partial charge on any atom is -0.382 e. The van der Waals surface area contributed by atoms with E-state index < -0.39 is 30.5 Å². The standard InChI is InChI=1S/2C9H19NO4S/c2*1-3-4-5-9(15(10,11)12)8-14-7-6-13-2/h2*3,9H,1,4-8H2,2H3,(H2,10,11,12)/t2*9-/m10/s1. The maximum absolute atomic E-state index is 11.1. The van der Waals surface area contributed by atoms with Gasteiger partial charge in [0.2, 0.25) is 20.0 Å². The second-order valence-electron chi connectivity index (χ2n) is 6.29. The molecule has 0 saturated heterocycles. The van der Waals surface area contributed by atoms with E-state index in [9.17, 15) is 16.8 Å². The van der Waals surface area contributed by atoms with Crippen molar-refractivity contribution in [3.05, 3.63) is 25.3 Å². The van der Waals surface area contributed by atoms with E-state index in [0.29, 0.717) is 52.1 Å². The van der Waals surface area contributed by atoms with Gasteiger partial charge in [-0.05, 0) is 25.7 Å². The lowest BCUT2D eigenvalue weighted by molar-refractivity contribution is 0.0699. The molecule has 0 aromatic rings. The summed E-state index contributed by atoms with van der Waals surface area (Å²) in [4.78, 5) is 0. The quantitative estimate of drug-likeness (QED) is 0.215. The molecule has 10 nitrogen and oxygen atoms in total. The molecule has 0 aromatic heterocycles. The monoisotopic (exact) mass is 474 g/mol. The number of hydrogen-bond acceptors (Lipinski definition) is 8. The molecule has 0 bridgehead atoms. The third-order valence-electron chi connectivity index (χ3n) is 3.79. The van der Waals surface area contributed by atoms with Gasteiger partial charge in [-0.1, -0.05) is 12.2 Å². The molecule has 0 fully saturated rings. The number of hydrogen-bond donors (Lipinski definition) is 2. The van der Waals surface area contributed by atoms with Crippen LogP contribution in [0.4, 0.5) is 0 Å². The van der Waals surface area contributed by atoms with Gasteiger partial charge in [0.25, 0.3) is 0 Å². The van der Waals surface area contributed by atoms with E-state index in [0.717, 1.165) is 0 Å². The first-order valence-electron chi connectivity index (χ1n) is 9.42. The Morgan fingerprint density at radius 2 is 1.07 bits per heavy atom. The van der Waals surface area contributed by atoms with Crippen LogP contribution in [0.3, 0.4) is 0 Å². The first kappa shape index (κ1) is 31.3. The highest BCUT2D eigenvalue weighted by molar-refractivity contribution is 7.90. The smallest absolute Gasteiger partial charge is 0.214 e. The molecular formula is C18H38N2O8S2. The van der Waals surface area contributed by atoms with Crippen molar-refractivity contribution in [3.8, 4) is 0 Å². The zero-order valence-corrected chi connectivity index (χ0v) is 19.7. The Kier molecular flexibility index (Phi) is 19.7. The largest absolute Gasteiger partial charge is 0.382 e. The summed E-state index contributed by atoms with van der Waals surface area (Å²) >= 11 is 0. The second-order valence-corrected chi connectivity index (χ2v) is 9.98. The van der Waals surface area contributed by atoms with Crippen LogP contribution in [0.25, 0.3) is 0 Å². The van der Waals surface area contributed by atoms with Crippen LogP contribution in [0.5, 0.6) is 0 Å².